The lowest BCUT2D eigenvalue weighted by atomic mass is 10.2. The van der Waals surface area contributed by atoms with Crippen LogP contribution in [0.5, 0.6) is 5.75 Å². The summed E-state index contributed by atoms with van der Waals surface area (Å²) in [4.78, 5) is 11.9. The molecule has 1 amide bonds. The Morgan fingerprint density at radius 2 is 1.74 bits per heavy atom. The van der Waals surface area contributed by atoms with Gasteiger partial charge in [0.15, 0.2) is 0 Å². The Bertz CT molecular complexity index is 537. The molecule has 2 aromatic rings. The van der Waals surface area contributed by atoms with Crippen molar-refractivity contribution in [1.29, 1.82) is 0 Å². The predicted octanol–water partition coefficient (Wildman–Crippen LogP) is 3.02. The monoisotopic (exact) mass is 255 g/mol. The van der Waals surface area contributed by atoms with Crippen LogP contribution in [0.4, 0.5) is 0 Å². The lowest BCUT2D eigenvalue weighted by Crippen LogP contribution is -2.23. The van der Waals surface area contributed by atoms with Crippen molar-refractivity contribution >= 4 is 5.91 Å². The highest BCUT2D eigenvalue weighted by Gasteiger charge is 2.06. The Kier molecular flexibility index (Phi) is 4.56. The summed E-state index contributed by atoms with van der Waals surface area (Å²) in [7, 11) is 0. The van der Waals surface area contributed by atoms with Crippen molar-refractivity contribution in [3.8, 4) is 5.75 Å². The Morgan fingerprint density at radius 1 is 1.05 bits per heavy atom. The number of amides is 1. The molecule has 2 rings (SSSR count). The number of para-hydroxylation sites is 1. The van der Waals surface area contributed by atoms with Crippen LogP contribution in [0.25, 0.3) is 0 Å². The minimum absolute atomic E-state index is 0.0769. The van der Waals surface area contributed by atoms with Crippen LogP contribution in [0, 0.1) is 0 Å². The Balaban J connectivity index is 2.01. The van der Waals surface area contributed by atoms with Gasteiger partial charge in [-0.1, -0.05) is 36.4 Å². The van der Waals surface area contributed by atoms with E-state index in [1.165, 1.54) is 0 Å². The second-order valence-electron chi connectivity index (χ2n) is 4.09. The van der Waals surface area contributed by atoms with Crippen molar-refractivity contribution < 1.29 is 9.53 Å². The maximum Gasteiger partial charge on any atom is 0.251 e. The minimum atomic E-state index is -0.0769. The first kappa shape index (κ1) is 13.1. The smallest absolute Gasteiger partial charge is 0.251 e. The molecule has 0 heterocycles. The molecule has 3 nitrogen and oxygen atoms in total. The molecule has 0 aliphatic heterocycles. The molecule has 2 aromatic carbocycles. The molecule has 0 aromatic heterocycles. The fourth-order valence-corrected chi connectivity index (χ4v) is 1.81. The van der Waals surface area contributed by atoms with Crippen LogP contribution < -0.4 is 10.1 Å². The molecule has 0 spiro atoms. The third-order valence-corrected chi connectivity index (χ3v) is 2.75. The van der Waals surface area contributed by atoms with Gasteiger partial charge >= 0.3 is 0 Å². The number of benzene rings is 2. The zero-order valence-electron chi connectivity index (χ0n) is 10.9. The normalized spacial score (nSPS) is 9.95. The first-order chi connectivity index (χ1) is 9.31. The Hall–Kier alpha value is -2.29. The van der Waals surface area contributed by atoms with Crippen LogP contribution in [0.3, 0.4) is 0 Å². The molecule has 0 fully saturated rings. The van der Waals surface area contributed by atoms with Crippen molar-refractivity contribution in [1.82, 2.24) is 5.32 Å². The van der Waals surface area contributed by atoms with Gasteiger partial charge in [0.2, 0.25) is 0 Å². The average molecular weight is 255 g/mol. The van der Waals surface area contributed by atoms with Crippen molar-refractivity contribution in [2.45, 2.75) is 13.5 Å². The third kappa shape index (κ3) is 3.58. The highest BCUT2D eigenvalue weighted by atomic mass is 16.5. The third-order valence-electron chi connectivity index (χ3n) is 2.75. The SMILES string of the molecule is CCOc1ccccc1CNC(=O)c1ccccc1. The summed E-state index contributed by atoms with van der Waals surface area (Å²) in [6.45, 7) is 3.02. The predicted molar refractivity (Wildman–Crippen MR) is 75.2 cm³/mol. The zero-order chi connectivity index (χ0) is 13.5. The fraction of sp³-hybridized carbons (Fsp3) is 0.188. The summed E-state index contributed by atoms with van der Waals surface area (Å²) in [5.41, 5.74) is 1.64. The second kappa shape index (κ2) is 6.59. The van der Waals surface area contributed by atoms with E-state index in [9.17, 15) is 4.79 Å². The van der Waals surface area contributed by atoms with Gasteiger partial charge in [0, 0.05) is 17.7 Å². The topological polar surface area (TPSA) is 38.3 Å². The number of ether oxygens (including phenoxy) is 1. The van der Waals surface area contributed by atoms with E-state index in [0.29, 0.717) is 18.7 Å². The standard InChI is InChI=1S/C16H17NO2/c1-2-19-15-11-7-6-10-14(15)12-17-16(18)13-8-4-3-5-9-13/h3-11H,2,12H2,1H3,(H,17,18). The largest absolute Gasteiger partial charge is 0.494 e. The summed E-state index contributed by atoms with van der Waals surface area (Å²) in [5, 5.41) is 2.90. The summed E-state index contributed by atoms with van der Waals surface area (Å²) in [6.07, 6.45) is 0. The van der Waals surface area contributed by atoms with Crippen LogP contribution in [-0.4, -0.2) is 12.5 Å². The maximum absolute atomic E-state index is 11.9. The van der Waals surface area contributed by atoms with E-state index in [1.807, 2.05) is 49.4 Å². The van der Waals surface area contributed by atoms with E-state index >= 15 is 0 Å². The number of carbonyl (C=O) groups is 1. The van der Waals surface area contributed by atoms with Gasteiger partial charge in [-0.25, -0.2) is 0 Å². The van der Waals surface area contributed by atoms with Gasteiger partial charge < -0.3 is 10.1 Å². The summed E-state index contributed by atoms with van der Waals surface area (Å²) < 4.78 is 5.52. The first-order valence-corrected chi connectivity index (χ1v) is 6.35. The van der Waals surface area contributed by atoms with Crippen molar-refractivity contribution in [2.24, 2.45) is 0 Å². The van der Waals surface area contributed by atoms with Crippen LogP contribution in [0.2, 0.25) is 0 Å². The molecule has 0 aliphatic carbocycles. The molecule has 0 bridgehead atoms. The van der Waals surface area contributed by atoms with E-state index < -0.39 is 0 Å². The maximum atomic E-state index is 11.9. The molecule has 0 saturated carbocycles. The zero-order valence-corrected chi connectivity index (χ0v) is 10.9. The van der Waals surface area contributed by atoms with Crippen molar-refractivity contribution in [3.05, 3.63) is 65.7 Å². The van der Waals surface area contributed by atoms with Gasteiger partial charge in [-0.3, -0.25) is 4.79 Å². The van der Waals surface area contributed by atoms with Crippen molar-refractivity contribution in [3.63, 3.8) is 0 Å². The van der Waals surface area contributed by atoms with Crippen LogP contribution >= 0.6 is 0 Å². The second-order valence-corrected chi connectivity index (χ2v) is 4.09. The van der Waals surface area contributed by atoms with Gasteiger partial charge in [0.05, 0.1) is 6.61 Å². The summed E-state index contributed by atoms with van der Waals surface area (Å²) in [5.74, 6) is 0.741. The minimum Gasteiger partial charge on any atom is -0.494 e. The van der Waals surface area contributed by atoms with E-state index in [0.717, 1.165) is 11.3 Å². The highest BCUT2D eigenvalue weighted by Crippen LogP contribution is 2.17. The lowest BCUT2D eigenvalue weighted by Gasteiger charge is -2.10. The molecule has 3 heteroatoms. The molecule has 0 atom stereocenters. The van der Waals surface area contributed by atoms with Gasteiger partial charge in [-0.15, -0.1) is 0 Å². The van der Waals surface area contributed by atoms with E-state index in [-0.39, 0.29) is 5.91 Å². The van der Waals surface area contributed by atoms with E-state index in [2.05, 4.69) is 5.32 Å². The van der Waals surface area contributed by atoms with Crippen LogP contribution in [0.15, 0.2) is 54.6 Å². The van der Waals surface area contributed by atoms with Crippen LogP contribution in [-0.2, 0) is 6.54 Å². The van der Waals surface area contributed by atoms with Crippen molar-refractivity contribution in [2.75, 3.05) is 6.61 Å². The summed E-state index contributed by atoms with van der Waals surface area (Å²) in [6, 6.07) is 16.9. The molecular weight excluding hydrogens is 238 g/mol. The van der Waals surface area contributed by atoms with E-state index in [4.69, 9.17) is 4.74 Å². The van der Waals surface area contributed by atoms with Gasteiger partial charge in [0.25, 0.3) is 5.91 Å². The van der Waals surface area contributed by atoms with Gasteiger partial charge in [0.1, 0.15) is 5.75 Å². The number of hydrogen-bond acceptors (Lipinski definition) is 2. The number of nitrogens with one attached hydrogen (secondary N) is 1. The Labute approximate surface area is 113 Å². The number of rotatable bonds is 5. The van der Waals surface area contributed by atoms with Gasteiger partial charge in [-0.2, -0.15) is 0 Å². The van der Waals surface area contributed by atoms with Gasteiger partial charge in [-0.05, 0) is 25.1 Å². The number of carbonyl (C=O) groups excluding carboxylic acids is 1. The molecule has 0 aliphatic rings. The number of hydrogen-bond donors (Lipinski definition) is 1. The molecule has 19 heavy (non-hydrogen) atoms. The lowest BCUT2D eigenvalue weighted by molar-refractivity contribution is 0.0950. The molecule has 1 N–H and O–H groups in total. The van der Waals surface area contributed by atoms with E-state index in [1.54, 1.807) is 12.1 Å². The quantitative estimate of drug-likeness (QED) is 0.892. The van der Waals surface area contributed by atoms with Crippen LogP contribution in [0.1, 0.15) is 22.8 Å². The molecule has 0 unspecified atom stereocenters. The highest BCUT2D eigenvalue weighted by molar-refractivity contribution is 5.94. The molecule has 0 saturated heterocycles. The first-order valence-electron chi connectivity index (χ1n) is 6.35. The average Bonchev–Trinajstić information content (AvgIpc) is 2.47. The Morgan fingerprint density at radius 3 is 2.47 bits per heavy atom. The molecule has 98 valence electrons. The molecular formula is C16H17NO2. The fourth-order valence-electron chi connectivity index (χ4n) is 1.81. The summed E-state index contributed by atoms with van der Waals surface area (Å²) >= 11 is 0. The molecule has 0 radical (unpaired) electrons.